The van der Waals surface area contributed by atoms with Crippen molar-refractivity contribution in [1.29, 1.82) is 0 Å². The first-order valence-electron chi connectivity index (χ1n) is 11.8. The lowest BCUT2D eigenvalue weighted by Gasteiger charge is -2.07. The van der Waals surface area contributed by atoms with E-state index in [0.29, 0.717) is 0 Å². The van der Waals surface area contributed by atoms with Crippen molar-refractivity contribution in [3.8, 4) is 0 Å². The van der Waals surface area contributed by atoms with Crippen molar-refractivity contribution >= 4 is 32.6 Å². The highest BCUT2D eigenvalue weighted by Gasteiger charge is 2.23. The predicted molar refractivity (Wildman–Crippen MR) is 138 cm³/mol. The Morgan fingerprint density at radius 3 is 1.88 bits per heavy atom. The summed E-state index contributed by atoms with van der Waals surface area (Å²) in [4.78, 5) is 0. The van der Waals surface area contributed by atoms with Crippen molar-refractivity contribution in [2.45, 2.75) is 26.4 Å². The van der Waals surface area contributed by atoms with Gasteiger partial charge >= 0.3 is 0 Å². The number of nitrogens with zero attached hydrogens (tertiary/aromatic N) is 2. The Hall–Kier alpha value is -3.91. The zero-order chi connectivity index (χ0) is 22.2. The number of hydrogen-bond donors (Lipinski definition) is 0. The van der Waals surface area contributed by atoms with Crippen LogP contribution in [0.2, 0.25) is 0 Å². The van der Waals surface area contributed by atoms with Gasteiger partial charge in [-0.15, -0.1) is 0 Å². The number of benzene rings is 5. The van der Waals surface area contributed by atoms with Gasteiger partial charge in [-0.3, -0.25) is 0 Å². The van der Waals surface area contributed by atoms with E-state index in [9.17, 15) is 0 Å². The van der Waals surface area contributed by atoms with E-state index in [0.717, 1.165) is 19.5 Å². The minimum Gasteiger partial charge on any atom is -0.223 e. The largest absolute Gasteiger partial charge is 0.257 e. The van der Waals surface area contributed by atoms with Crippen molar-refractivity contribution in [3.63, 3.8) is 0 Å². The molecule has 0 atom stereocenters. The van der Waals surface area contributed by atoms with Gasteiger partial charge in [0.25, 0.3) is 5.82 Å². The first-order valence-corrected chi connectivity index (χ1v) is 11.8. The molecule has 5 aromatic carbocycles. The predicted octanol–water partition coefficient (Wildman–Crippen LogP) is 6.89. The molecule has 0 aliphatic rings. The van der Waals surface area contributed by atoms with Gasteiger partial charge in [-0.1, -0.05) is 91.9 Å². The molecule has 0 saturated heterocycles. The first-order chi connectivity index (χ1) is 16.3. The molecule has 0 spiro atoms. The summed E-state index contributed by atoms with van der Waals surface area (Å²) in [5.74, 6) is 1.36. The molecule has 6 rings (SSSR count). The highest BCUT2D eigenvalue weighted by atomic mass is 15.2. The van der Waals surface area contributed by atoms with E-state index in [2.05, 4.69) is 125 Å². The van der Waals surface area contributed by atoms with Gasteiger partial charge in [-0.2, -0.15) is 0 Å². The van der Waals surface area contributed by atoms with Crippen LogP contribution in [0.15, 0.2) is 109 Å². The highest BCUT2D eigenvalue weighted by molar-refractivity contribution is 5.84. The molecule has 0 fully saturated rings. The van der Waals surface area contributed by atoms with Crippen molar-refractivity contribution in [2.24, 2.45) is 0 Å². The third kappa shape index (κ3) is 3.58. The Morgan fingerprint density at radius 2 is 1.18 bits per heavy atom. The third-order valence-corrected chi connectivity index (χ3v) is 6.71. The molecule has 1 heterocycles. The van der Waals surface area contributed by atoms with Crippen molar-refractivity contribution in [3.05, 3.63) is 126 Å². The lowest BCUT2D eigenvalue weighted by molar-refractivity contribution is -0.671. The van der Waals surface area contributed by atoms with Crippen LogP contribution in [0.4, 0.5) is 0 Å². The second-order valence-electron chi connectivity index (χ2n) is 8.79. The molecule has 0 amide bonds. The van der Waals surface area contributed by atoms with Crippen molar-refractivity contribution in [1.82, 2.24) is 4.57 Å². The minimum atomic E-state index is 0.874. The van der Waals surface area contributed by atoms with E-state index in [4.69, 9.17) is 0 Å². The highest BCUT2D eigenvalue weighted by Crippen LogP contribution is 2.22. The number of para-hydroxylation sites is 2. The number of aromatic nitrogens is 2. The lowest BCUT2D eigenvalue weighted by Crippen LogP contribution is -2.38. The van der Waals surface area contributed by atoms with Gasteiger partial charge in [0.05, 0.1) is 0 Å². The molecule has 0 aliphatic carbocycles. The van der Waals surface area contributed by atoms with E-state index < -0.39 is 0 Å². The van der Waals surface area contributed by atoms with Crippen LogP contribution in [0, 0.1) is 0 Å². The smallest absolute Gasteiger partial charge is 0.223 e. The van der Waals surface area contributed by atoms with Gasteiger partial charge in [0.2, 0.25) is 0 Å². The maximum absolute atomic E-state index is 2.50. The molecule has 0 unspecified atom stereocenters. The Morgan fingerprint density at radius 1 is 0.606 bits per heavy atom. The monoisotopic (exact) mass is 427 g/mol. The molecule has 0 radical (unpaired) electrons. The quantitative estimate of drug-likeness (QED) is 0.265. The number of hydrogen-bond acceptors (Lipinski definition) is 0. The molecular formula is C31H27N2+. The van der Waals surface area contributed by atoms with Crippen molar-refractivity contribution in [2.75, 3.05) is 0 Å². The Kier molecular flexibility index (Phi) is 4.92. The van der Waals surface area contributed by atoms with Gasteiger partial charge in [0.15, 0.2) is 11.0 Å². The summed E-state index contributed by atoms with van der Waals surface area (Å²) in [6.45, 7) is 4.01. The maximum Gasteiger partial charge on any atom is 0.257 e. The molecule has 33 heavy (non-hydrogen) atoms. The van der Waals surface area contributed by atoms with E-state index in [1.54, 1.807) is 0 Å². The fourth-order valence-electron chi connectivity index (χ4n) is 5.12. The number of rotatable bonds is 5. The SMILES string of the molecule is CCc1n(Cc2ccc3ccccc3c2)c2ccccc2[n+]1Cc1ccc2ccccc2c1. The summed E-state index contributed by atoms with van der Waals surface area (Å²) in [6.07, 6.45) is 0.982. The van der Waals surface area contributed by atoms with E-state index >= 15 is 0 Å². The standard InChI is InChI=1S/C31H27N2/c1-2-31-32(21-23-15-17-25-9-3-5-11-27(25)19-23)29-13-7-8-14-30(29)33(31)22-24-16-18-26-10-4-6-12-28(26)20-24/h3-20H,2,21-22H2,1H3/q+1. The average Bonchev–Trinajstić information content (AvgIpc) is 3.16. The molecule has 0 bridgehead atoms. The first kappa shape index (κ1) is 19.8. The van der Waals surface area contributed by atoms with Crippen LogP contribution in [0.5, 0.6) is 0 Å². The summed E-state index contributed by atoms with van der Waals surface area (Å²) in [5, 5.41) is 5.18. The van der Waals surface area contributed by atoms with Crippen LogP contribution in [-0.2, 0) is 19.5 Å². The maximum atomic E-state index is 2.50. The summed E-state index contributed by atoms with van der Waals surface area (Å²) in [5.41, 5.74) is 5.26. The van der Waals surface area contributed by atoms with E-state index in [1.165, 1.54) is 49.5 Å². The fourth-order valence-corrected chi connectivity index (χ4v) is 5.12. The van der Waals surface area contributed by atoms with Crippen LogP contribution >= 0.6 is 0 Å². The van der Waals surface area contributed by atoms with Crippen LogP contribution in [0.1, 0.15) is 23.9 Å². The topological polar surface area (TPSA) is 8.81 Å². The van der Waals surface area contributed by atoms with Crippen LogP contribution < -0.4 is 4.57 Å². The van der Waals surface area contributed by atoms with Gasteiger partial charge in [0.1, 0.15) is 13.1 Å². The second-order valence-corrected chi connectivity index (χ2v) is 8.79. The molecule has 2 nitrogen and oxygen atoms in total. The molecule has 0 saturated carbocycles. The average molecular weight is 428 g/mol. The van der Waals surface area contributed by atoms with Gasteiger partial charge in [0, 0.05) is 6.42 Å². The summed E-state index contributed by atoms with van der Waals surface area (Å²) in [7, 11) is 0. The lowest BCUT2D eigenvalue weighted by atomic mass is 10.1. The summed E-state index contributed by atoms with van der Waals surface area (Å²) >= 11 is 0. The molecule has 0 N–H and O–H groups in total. The summed E-state index contributed by atoms with van der Waals surface area (Å²) in [6, 6.07) is 39.7. The minimum absolute atomic E-state index is 0.874. The van der Waals surface area contributed by atoms with E-state index in [-0.39, 0.29) is 0 Å². The van der Waals surface area contributed by atoms with Gasteiger partial charge in [-0.05, 0) is 56.9 Å². The second kappa shape index (κ2) is 8.22. The number of fused-ring (bicyclic) bond motifs is 3. The molecule has 160 valence electrons. The molecule has 0 aliphatic heterocycles. The fraction of sp³-hybridized carbons (Fsp3) is 0.129. The molecule has 2 heteroatoms. The summed E-state index contributed by atoms with van der Waals surface area (Å²) < 4.78 is 5.00. The van der Waals surface area contributed by atoms with Crippen molar-refractivity contribution < 1.29 is 4.57 Å². The van der Waals surface area contributed by atoms with Crippen LogP contribution in [0.25, 0.3) is 32.6 Å². The Bertz CT molecular complexity index is 1490. The normalized spacial score (nSPS) is 11.5. The Labute approximate surface area is 194 Å². The number of imidazole rings is 1. The molecular weight excluding hydrogens is 400 g/mol. The van der Waals surface area contributed by atoms with Gasteiger partial charge in [-0.25, -0.2) is 9.13 Å². The van der Waals surface area contributed by atoms with Crippen LogP contribution in [0.3, 0.4) is 0 Å². The van der Waals surface area contributed by atoms with Gasteiger partial charge < -0.3 is 0 Å². The van der Waals surface area contributed by atoms with Crippen LogP contribution in [-0.4, -0.2) is 4.57 Å². The molecule has 1 aromatic heterocycles. The zero-order valence-electron chi connectivity index (χ0n) is 18.9. The molecule has 6 aromatic rings. The zero-order valence-corrected chi connectivity index (χ0v) is 18.9. The van der Waals surface area contributed by atoms with E-state index in [1.807, 2.05) is 0 Å². The third-order valence-electron chi connectivity index (χ3n) is 6.71. The Balaban J connectivity index is 1.45.